The molecule has 2 rings (SSSR count). The molecule has 1 aromatic heterocycles. The van der Waals surface area contributed by atoms with Crippen molar-refractivity contribution >= 4 is 0 Å². The molecular weight excluding hydrogens is 274 g/mol. The van der Waals surface area contributed by atoms with Crippen LogP contribution in [0.15, 0.2) is 30.6 Å². The van der Waals surface area contributed by atoms with E-state index < -0.39 is 0 Å². The Morgan fingerprint density at radius 3 is 2.73 bits per heavy atom. The van der Waals surface area contributed by atoms with Crippen LogP contribution in [-0.4, -0.2) is 15.9 Å². The highest BCUT2D eigenvalue weighted by Gasteiger charge is 2.11. The van der Waals surface area contributed by atoms with Gasteiger partial charge < -0.3 is 10.1 Å². The van der Waals surface area contributed by atoms with Gasteiger partial charge in [-0.05, 0) is 38.8 Å². The Hall–Kier alpha value is -1.81. The van der Waals surface area contributed by atoms with Crippen molar-refractivity contribution in [2.45, 2.75) is 52.8 Å². The van der Waals surface area contributed by atoms with Crippen LogP contribution in [-0.2, 0) is 13.6 Å². The van der Waals surface area contributed by atoms with E-state index >= 15 is 0 Å². The molecule has 1 N–H and O–H groups in total. The van der Waals surface area contributed by atoms with E-state index in [1.165, 1.54) is 16.7 Å². The first-order chi connectivity index (χ1) is 10.5. The summed E-state index contributed by atoms with van der Waals surface area (Å²) in [6.45, 7) is 9.28. The van der Waals surface area contributed by atoms with Crippen molar-refractivity contribution < 1.29 is 4.74 Å². The predicted molar refractivity (Wildman–Crippen MR) is 90.0 cm³/mol. The largest absolute Gasteiger partial charge is 0.490 e. The topological polar surface area (TPSA) is 39.1 Å². The molecule has 2 aromatic rings. The summed E-state index contributed by atoms with van der Waals surface area (Å²) in [5, 5.41) is 7.77. The molecule has 0 saturated carbocycles. The minimum Gasteiger partial charge on any atom is -0.490 e. The maximum absolute atomic E-state index is 6.06. The maximum atomic E-state index is 6.06. The Morgan fingerprint density at radius 1 is 1.32 bits per heavy atom. The normalized spacial score (nSPS) is 13.9. The molecule has 0 saturated heterocycles. The monoisotopic (exact) mass is 301 g/mol. The van der Waals surface area contributed by atoms with Crippen LogP contribution in [0.1, 0.15) is 49.9 Å². The van der Waals surface area contributed by atoms with Crippen molar-refractivity contribution in [3.63, 3.8) is 0 Å². The minimum absolute atomic E-state index is 0.233. The van der Waals surface area contributed by atoms with Crippen molar-refractivity contribution in [2.24, 2.45) is 7.05 Å². The number of aryl methyl sites for hydroxylation is 2. The van der Waals surface area contributed by atoms with Crippen molar-refractivity contribution in [2.75, 3.05) is 0 Å². The van der Waals surface area contributed by atoms with Crippen molar-refractivity contribution in [3.8, 4) is 5.75 Å². The van der Waals surface area contributed by atoms with E-state index in [2.05, 4.69) is 56.3 Å². The molecule has 0 fully saturated rings. The van der Waals surface area contributed by atoms with Crippen LogP contribution in [0, 0.1) is 6.92 Å². The molecule has 0 bridgehead atoms. The Morgan fingerprint density at radius 2 is 2.09 bits per heavy atom. The minimum atomic E-state index is 0.233. The second-order valence-electron chi connectivity index (χ2n) is 6.00. The number of benzene rings is 1. The lowest BCUT2D eigenvalue weighted by Crippen LogP contribution is -2.19. The number of hydrogen-bond donors (Lipinski definition) is 1. The van der Waals surface area contributed by atoms with Gasteiger partial charge in [-0.3, -0.25) is 4.68 Å². The summed E-state index contributed by atoms with van der Waals surface area (Å²) >= 11 is 0. The first-order valence-electron chi connectivity index (χ1n) is 7.97. The van der Waals surface area contributed by atoms with E-state index in [9.17, 15) is 0 Å². The zero-order valence-corrected chi connectivity index (χ0v) is 14.3. The van der Waals surface area contributed by atoms with Gasteiger partial charge in [0, 0.05) is 37.0 Å². The fraction of sp³-hybridized carbons (Fsp3) is 0.500. The van der Waals surface area contributed by atoms with Crippen LogP contribution in [0.4, 0.5) is 0 Å². The van der Waals surface area contributed by atoms with Crippen molar-refractivity contribution in [3.05, 3.63) is 47.3 Å². The SMILES string of the molecule is CC[C@@H](C)Oc1cc(C)ccc1CN[C@H](C)c1cnn(C)c1. The summed E-state index contributed by atoms with van der Waals surface area (Å²) in [6, 6.07) is 6.66. The number of aromatic nitrogens is 2. The van der Waals surface area contributed by atoms with Crippen molar-refractivity contribution in [1.82, 2.24) is 15.1 Å². The second-order valence-corrected chi connectivity index (χ2v) is 6.00. The Labute approximate surface area is 133 Å². The third kappa shape index (κ3) is 4.34. The van der Waals surface area contributed by atoms with E-state index in [1.807, 2.05) is 24.1 Å². The number of rotatable bonds is 7. The van der Waals surface area contributed by atoms with Gasteiger partial charge in [0.2, 0.25) is 0 Å². The molecule has 4 nitrogen and oxygen atoms in total. The first-order valence-corrected chi connectivity index (χ1v) is 7.97. The highest BCUT2D eigenvalue weighted by molar-refractivity contribution is 5.37. The molecule has 0 spiro atoms. The smallest absolute Gasteiger partial charge is 0.124 e. The lowest BCUT2D eigenvalue weighted by Gasteiger charge is -2.18. The van der Waals surface area contributed by atoms with E-state index in [4.69, 9.17) is 4.74 Å². The van der Waals surface area contributed by atoms with Gasteiger partial charge in [-0.1, -0.05) is 19.1 Å². The van der Waals surface area contributed by atoms with Gasteiger partial charge in [-0.15, -0.1) is 0 Å². The lowest BCUT2D eigenvalue weighted by molar-refractivity contribution is 0.214. The van der Waals surface area contributed by atoms with Crippen LogP contribution in [0.25, 0.3) is 0 Å². The Bertz CT molecular complexity index is 606. The maximum Gasteiger partial charge on any atom is 0.124 e. The van der Waals surface area contributed by atoms with Gasteiger partial charge in [0.1, 0.15) is 5.75 Å². The molecule has 0 aliphatic rings. The average molecular weight is 301 g/mol. The summed E-state index contributed by atoms with van der Waals surface area (Å²) in [6.07, 6.45) is 5.19. The molecule has 22 heavy (non-hydrogen) atoms. The van der Waals surface area contributed by atoms with Gasteiger partial charge in [0.15, 0.2) is 0 Å². The third-order valence-corrected chi connectivity index (χ3v) is 3.95. The lowest BCUT2D eigenvalue weighted by atomic mass is 10.1. The zero-order chi connectivity index (χ0) is 16.1. The van der Waals surface area contributed by atoms with Gasteiger partial charge in [-0.25, -0.2) is 0 Å². The van der Waals surface area contributed by atoms with Crippen LogP contribution in [0.5, 0.6) is 5.75 Å². The molecule has 0 amide bonds. The fourth-order valence-corrected chi connectivity index (χ4v) is 2.26. The quantitative estimate of drug-likeness (QED) is 0.846. The molecular formula is C18H27N3O. The summed E-state index contributed by atoms with van der Waals surface area (Å²) in [5.41, 5.74) is 3.61. The van der Waals surface area contributed by atoms with Crippen LogP contribution in [0.2, 0.25) is 0 Å². The van der Waals surface area contributed by atoms with Crippen LogP contribution in [0.3, 0.4) is 0 Å². The van der Waals surface area contributed by atoms with Gasteiger partial charge in [0.05, 0.1) is 12.3 Å². The molecule has 1 heterocycles. The summed E-state index contributed by atoms with van der Waals surface area (Å²) in [5.74, 6) is 0.986. The average Bonchev–Trinajstić information content (AvgIpc) is 2.92. The summed E-state index contributed by atoms with van der Waals surface area (Å²) < 4.78 is 7.89. The molecule has 0 unspecified atom stereocenters. The third-order valence-electron chi connectivity index (χ3n) is 3.95. The molecule has 0 aliphatic carbocycles. The van der Waals surface area contributed by atoms with Crippen molar-refractivity contribution in [1.29, 1.82) is 0 Å². The molecule has 1 aromatic carbocycles. The number of ether oxygens (including phenoxy) is 1. The fourth-order valence-electron chi connectivity index (χ4n) is 2.26. The molecule has 120 valence electrons. The first kappa shape index (κ1) is 16.6. The van der Waals surface area contributed by atoms with Gasteiger partial charge in [0.25, 0.3) is 0 Å². The Kier molecular flexibility index (Phi) is 5.61. The van der Waals surface area contributed by atoms with E-state index in [0.29, 0.717) is 0 Å². The molecule has 0 radical (unpaired) electrons. The van der Waals surface area contributed by atoms with E-state index in [1.54, 1.807) is 0 Å². The van der Waals surface area contributed by atoms with Gasteiger partial charge >= 0.3 is 0 Å². The molecule has 2 atom stereocenters. The second kappa shape index (κ2) is 7.45. The number of nitrogens with one attached hydrogen (secondary N) is 1. The summed E-state index contributed by atoms with van der Waals surface area (Å²) in [4.78, 5) is 0. The highest BCUT2D eigenvalue weighted by Crippen LogP contribution is 2.23. The highest BCUT2D eigenvalue weighted by atomic mass is 16.5. The zero-order valence-electron chi connectivity index (χ0n) is 14.3. The number of hydrogen-bond acceptors (Lipinski definition) is 3. The predicted octanol–water partition coefficient (Wildman–Crippen LogP) is 3.76. The number of nitrogens with zero attached hydrogens (tertiary/aromatic N) is 2. The van der Waals surface area contributed by atoms with E-state index in [0.717, 1.165) is 18.7 Å². The van der Waals surface area contributed by atoms with E-state index in [-0.39, 0.29) is 12.1 Å². The molecule has 4 heteroatoms. The standard InChI is InChI=1S/C18H27N3O/c1-6-14(3)22-18-9-13(2)7-8-16(18)10-19-15(4)17-11-20-21(5)12-17/h7-9,11-12,14-15,19H,6,10H2,1-5H3/t14-,15-/m1/s1. The summed E-state index contributed by atoms with van der Waals surface area (Å²) in [7, 11) is 1.94. The van der Waals surface area contributed by atoms with Crippen LogP contribution < -0.4 is 10.1 Å². The van der Waals surface area contributed by atoms with Crippen LogP contribution >= 0.6 is 0 Å². The van der Waals surface area contributed by atoms with Gasteiger partial charge in [-0.2, -0.15) is 5.10 Å². The Balaban J connectivity index is 2.05. The molecule has 0 aliphatic heterocycles.